The Hall–Kier alpha value is -3.16. The molecular weight excluding hydrogens is 262 g/mol. The highest BCUT2D eigenvalue weighted by Crippen LogP contribution is 2.05. The van der Waals surface area contributed by atoms with Crippen molar-refractivity contribution in [2.45, 2.75) is 0 Å². The van der Waals surface area contributed by atoms with Crippen molar-refractivity contribution in [2.24, 2.45) is 0 Å². The molecule has 0 aliphatic carbocycles. The van der Waals surface area contributed by atoms with Crippen LogP contribution in [0.5, 0.6) is 0 Å². The highest BCUT2D eigenvalue weighted by Gasteiger charge is 2.10. The number of nitrogen functional groups attached to an aromatic ring is 1. The van der Waals surface area contributed by atoms with Crippen LogP contribution < -0.4 is 21.9 Å². The fraction of sp³-hybridized carbons (Fsp3) is 0. The number of anilines is 2. The van der Waals surface area contributed by atoms with Crippen LogP contribution in [0.1, 0.15) is 10.4 Å². The summed E-state index contributed by atoms with van der Waals surface area (Å²) in [7, 11) is 0. The van der Waals surface area contributed by atoms with E-state index in [2.05, 4.69) is 20.8 Å². The first-order chi connectivity index (χ1) is 9.54. The largest absolute Gasteiger partial charge is 0.399 e. The number of nitrogens with zero attached hydrogens (tertiary/aromatic N) is 1. The van der Waals surface area contributed by atoms with Crippen molar-refractivity contribution in [1.82, 2.24) is 15.5 Å². The van der Waals surface area contributed by atoms with Crippen LogP contribution in [-0.2, 0) is 0 Å². The highest BCUT2D eigenvalue weighted by molar-refractivity contribution is 6.07. The van der Waals surface area contributed by atoms with E-state index in [0.717, 1.165) is 0 Å². The Bertz CT molecular complexity index is 672. The first-order valence-electron chi connectivity index (χ1n) is 5.58. The van der Waals surface area contributed by atoms with Crippen LogP contribution in [0.25, 0.3) is 0 Å². The van der Waals surface area contributed by atoms with Crippen molar-refractivity contribution >= 4 is 23.4 Å². The number of aromatic nitrogens is 2. The first-order valence-corrected chi connectivity index (χ1v) is 5.58. The number of hydrogen-bond acceptors (Lipinski definition) is 5. The first kappa shape index (κ1) is 13.3. The van der Waals surface area contributed by atoms with E-state index in [9.17, 15) is 14.4 Å². The van der Waals surface area contributed by atoms with Gasteiger partial charge in [0, 0.05) is 17.3 Å². The summed E-state index contributed by atoms with van der Waals surface area (Å²) in [5, 5.41) is 10.1. The van der Waals surface area contributed by atoms with E-state index in [0.29, 0.717) is 11.3 Å². The van der Waals surface area contributed by atoms with Gasteiger partial charge in [0.25, 0.3) is 11.5 Å². The maximum atomic E-state index is 11.7. The van der Waals surface area contributed by atoms with Crippen LogP contribution in [-0.4, -0.2) is 22.1 Å². The van der Waals surface area contributed by atoms with E-state index in [1.54, 1.807) is 12.1 Å². The summed E-state index contributed by atoms with van der Waals surface area (Å²) >= 11 is 0. The molecule has 5 N–H and O–H groups in total. The molecule has 3 amide bonds. The Kier molecular flexibility index (Phi) is 3.75. The molecule has 2 rings (SSSR count). The number of benzene rings is 1. The van der Waals surface area contributed by atoms with E-state index in [1.165, 1.54) is 24.3 Å². The van der Waals surface area contributed by atoms with Gasteiger partial charge in [-0.25, -0.2) is 9.89 Å². The van der Waals surface area contributed by atoms with Gasteiger partial charge in [-0.1, -0.05) is 0 Å². The number of H-pyrrole nitrogens is 1. The van der Waals surface area contributed by atoms with Crippen molar-refractivity contribution in [2.75, 3.05) is 11.1 Å². The molecule has 0 spiro atoms. The SMILES string of the molecule is Nc1ccc(C(=O)NC(=O)Nc2ccc(=O)[nH]n2)cc1. The van der Waals surface area contributed by atoms with E-state index >= 15 is 0 Å². The van der Waals surface area contributed by atoms with E-state index < -0.39 is 17.5 Å². The Balaban J connectivity index is 1.97. The molecule has 8 nitrogen and oxygen atoms in total. The molecule has 0 bridgehead atoms. The molecule has 1 heterocycles. The summed E-state index contributed by atoms with van der Waals surface area (Å²) in [6, 6.07) is 7.85. The number of imide groups is 1. The van der Waals surface area contributed by atoms with Crippen LogP contribution in [0.3, 0.4) is 0 Å². The van der Waals surface area contributed by atoms with Gasteiger partial charge in [-0.2, -0.15) is 5.10 Å². The Morgan fingerprint density at radius 3 is 2.40 bits per heavy atom. The monoisotopic (exact) mass is 273 g/mol. The minimum Gasteiger partial charge on any atom is -0.399 e. The standard InChI is InChI=1S/C12H11N5O3/c13-8-3-1-7(2-4-8)11(19)15-12(20)14-9-5-6-10(18)17-16-9/h1-6H,13H2,(H,17,18)(H2,14,15,16,19,20). The molecule has 0 aliphatic heterocycles. The molecule has 0 atom stereocenters. The van der Waals surface area contributed by atoms with Gasteiger partial charge < -0.3 is 5.73 Å². The second-order valence-corrected chi connectivity index (χ2v) is 3.84. The molecule has 0 aliphatic rings. The number of nitrogens with one attached hydrogen (secondary N) is 3. The number of amides is 3. The van der Waals surface area contributed by atoms with Crippen LogP contribution >= 0.6 is 0 Å². The minimum atomic E-state index is -0.758. The smallest absolute Gasteiger partial charge is 0.327 e. The molecule has 102 valence electrons. The third kappa shape index (κ3) is 3.42. The highest BCUT2D eigenvalue weighted by atomic mass is 16.2. The summed E-state index contributed by atoms with van der Waals surface area (Å²) < 4.78 is 0. The second kappa shape index (κ2) is 5.65. The van der Waals surface area contributed by atoms with Crippen LogP contribution in [0.15, 0.2) is 41.2 Å². The summed E-state index contributed by atoms with van der Waals surface area (Å²) in [6.07, 6.45) is 0. The summed E-state index contributed by atoms with van der Waals surface area (Å²) in [5.74, 6) is -0.459. The summed E-state index contributed by atoms with van der Waals surface area (Å²) in [5.41, 5.74) is 5.91. The Morgan fingerprint density at radius 1 is 1.10 bits per heavy atom. The Morgan fingerprint density at radius 2 is 1.80 bits per heavy atom. The van der Waals surface area contributed by atoms with Gasteiger partial charge in [-0.3, -0.25) is 20.2 Å². The van der Waals surface area contributed by atoms with Crippen molar-refractivity contribution in [1.29, 1.82) is 0 Å². The molecule has 0 radical (unpaired) electrons. The predicted octanol–water partition coefficient (Wildman–Crippen LogP) is 0.314. The number of carbonyl (C=O) groups excluding carboxylic acids is 2. The lowest BCUT2D eigenvalue weighted by Crippen LogP contribution is -2.34. The average Bonchev–Trinajstić information content (AvgIpc) is 2.42. The van der Waals surface area contributed by atoms with E-state index in [1.807, 2.05) is 0 Å². The van der Waals surface area contributed by atoms with Crippen LogP contribution in [0.4, 0.5) is 16.3 Å². The Labute approximate surface area is 113 Å². The zero-order chi connectivity index (χ0) is 14.5. The molecule has 2 aromatic rings. The zero-order valence-corrected chi connectivity index (χ0v) is 10.2. The predicted molar refractivity (Wildman–Crippen MR) is 72.2 cm³/mol. The van der Waals surface area contributed by atoms with Gasteiger partial charge in [0.2, 0.25) is 0 Å². The van der Waals surface area contributed by atoms with Gasteiger partial charge in [-0.05, 0) is 30.3 Å². The third-order valence-electron chi connectivity index (χ3n) is 2.32. The molecule has 20 heavy (non-hydrogen) atoms. The molecule has 0 fully saturated rings. The van der Waals surface area contributed by atoms with Crippen LogP contribution in [0.2, 0.25) is 0 Å². The topological polar surface area (TPSA) is 130 Å². The molecule has 1 aromatic heterocycles. The summed E-state index contributed by atoms with van der Waals surface area (Å²) in [6.45, 7) is 0. The molecule has 0 saturated heterocycles. The van der Waals surface area contributed by atoms with Crippen LogP contribution in [0, 0.1) is 0 Å². The van der Waals surface area contributed by atoms with Gasteiger partial charge >= 0.3 is 6.03 Å². The van der Waals surface area contributed by atoms with Crippen molar-refractivity contribution in [3.8, 4) is 0 Å². The number of carbonyl (C=O) groups is 2. The number of nitrogens with two attached hydrogens (primary N) is 1. The fourth-order valence-electron chi connectivity index (χ4n) is 1.37. The van der Waals surface area contributed by atoms with E-state index in [-0.39, 0.29) is 5.82 Å². The lowest BCUT2D eigenvalue weighted by Gasteiger charge is -2.05. The van der Waals surface area contributed by atoms with Crippen molar-refractivity contribution in [3.05, 3.63) is 52.3 Å². The maximum absolute atomic E-state index is 11.7. The maximum Gasteiger partial charge on any atom is 0.327 e. The zero-order valence-electron chi connectivity index (χ0n) is 10.2. The van der Waals surface area contributed by atoms with Crippen molar-refractivity contribution < 1.29 is 9.59 Å². The molecule has 0 saturated carbocycles. The normalized spacial score (nSPS) is 9.80. The molecule has 1 aromatic carbocycles. The number of hydrogen-bond donors (Lipinski definition) is 4. The molecular formula is C12H11N5O3. The van der Waals surface area contributed by atoms with Gasteiger partial charge in [0.1, 0.15) is 0 Å². The lowest BCUT2D eigenvalue weighted by atomic mass is 10.2. The number of urea groups is 1. The molecule has 0 unspecified atom stereocenters. The summed E-state index contributed by atoms with van der Waals surface area (Å²) in [4.78, 5) is 34.1. The second-order valence-electron chi connectivity index (χ2n) is 3.84. The quantitative estimate of drug-likeness (QED) is 0.585. The average molecular weight is 273 g/mol. The van der Waals surface area contributed by atoms with E-state index in [4.69, 9.17) is 5.73 Å². The minimum absolute atomic E-state index is 0.118. The fourth-order valence-corrected chi connectivity index (χ4v) is 1.37. The number of aromatic amines is 1. The number of rotatable bonds is 2. The molecule has 8 heteroatoms. The van der Waals surface area contributed by atoms with Gasteiger partial charge in [-0.15, -0.1) is 0 Å². The lowest BCUT2D eigenvalue weighted by molar-refractivity contribution is 0.0967. The van der Waals surface area contributed by atoms with Gasteiger partial charge in [0.15, 0.2) is 5.82 Å². The third-order valence-corrected chi connectivity index (χ3v) is 2.32. The van der Waals surface area contributed by atoms with Gasteiger partial charge in [0.05, 0.1) is 0 Å². The van der Waals surface area contributed by atoms with Crippen molar-refractivity contribution in [3.63, 3.8) is 0 Å².